The van der Waals surface area contributed by atoms with E-state index in [1.807, 2.05) is 16.6 Å². The summed E-state index contributed by atoms with van der Waals surface area (Å²) < 4.78 is 1.96. The van der Waals surface area contributed by atoms with Gasteiger partial charge in [-0.3, -0.25) is 0 Å². The quantitative estimate of drug-likeness (QED) is 0.761. The first-order chi connectivity index (χ1) is 7.58. The number of anilines is 1. The van der Waals surface area contributed by atoms with Gasteiger partial charge in [0.25, 0.3) is 0 Å². The van der Waals surface area contributed by atoms with Crippen molar-refractivity contribution in [2.24, 2.45) is 0 Å². The summed E-state index contributed by atoms with van der Waals surface area (Å²) in [6.07, 6.45) is 1.11. The number of hydrogen-bond donors (Lipinski definition) is 1. The minimum Gasteiger partial charge on any atom is -0.384 e. The Morgan fingerprint density at radius 3 is 3.06 bits per heavy atom. The summed E-state index contributed by atoms with van der Waals surface area (Å²) in [5, 5.41) is 8.33. The molecule has 4 heteroatoms. The molecule has 0 unspecified atom stereocenters. The maximum Gasteiger partial charge on any atom is 0.152 e. The second kappa shape index (κ2) is 3.14. The zero-order chi connectivity index (χ0) is 11.3. The Morgan fingerprint density at radius 2 is 2.25 bits per heavy atom. The predicted octanol–water partition coefficient (Wildman–Crippen LogP) is 3.08. The minimum absolute atomic E-state index is 0.134. The number of nitrogens with one attached hydrogen (secondary N) is 1. The maximum atomic E-state index is 5.97. The van der Waals surface area contributed by atoms with E-state index in [0.717, 1.165) is 18.5 Å². The lowest BCUT2D eigenvalue weighted by molar-refractivity contribution is 0.455. The molecule has 0 aliphatic carbocycles. The third kappa shape index (κ3) is 1.31. The first-order valence-corrected chi connectivity index (χ1v) is 5.88. The Bertz CT molecular complexity index is 557. The van der Waals surface area contributed by atoms with E-state index in [1.165, 1.54) is 11.4 Å². The summed E-state index contributed by atoms with van der Waals surface area (Å²) in [5.41, 5.74) is 3.59. The summed E-state index contributed by atoms with van der Waals surface area (Å²) in [4.78, 5) is 0. The van der Waals surface area contributed by atoms with Crippen LogP contribution >= 0.6 is 11.6 Å². The average molecular weight is 236 g/mol. The highest BCUT2D eigenvalue weighted by molar-refractivity contribution is 6.29. The molecule has 0 atom stereocenters. The van der Waals surface area contributed by atoms with Crippen LogP contribution in [0, 0.1) is 0 Å². The van der Waals surface area contributed by atoms with Crippen LogP contribution in [0.3, 0.4) is 0 Å². The number of halogens is 1. The van der Waals surface area contributed by atoms with E-state index >= 15 is 0 Å². The number of nitrogens with zero attached hydrogens (tertiary/aromatic N) is 2. The number of fused-ring (bicyclic) bond motifs is 3. The van der Waals surface area contributed by atoms with E-state index in [4.69, 9.17) is 11.6 Å². The molecule has 2 aromatic rings. The Balaban J connectivity index is 2.38. The maximum absolute atomic E-state index is 5.97. The Kier molecular flexibility index (Phi) is 1.96. The largest absolute Gasteiger partial charge is 0.384 e. The number of hydrogen-bond acceptors (Lipinski definition) is 2. The molecule has 0 saturated carbocycles. The molecule has 0 spiro atoms. The highest BCUT2D eigenvalue weighted by Crippen LogP contribution is 2.37. The molecule has 0 radical (unpaired) electrons. The van der Waals surface area contributed by atoms with Gasteiger partial charge in [0.2, 0.25) is 0 Å². The molecule has 3 heterocycles. The lowest BCUT2D eigenvalue weighted by atomic mass is 9.82. The molecule has 1 aliphatic heterocycles. The van der Waals surface area contributed by atoms with Crippen LogP contribution in [-0.2, 0) is 5.41 Å². The van der Waals surface area contributed by atoms with Gasteiger partial charge in [-0.15, -0.1) is 0 Å². The molecule has 3 nitrogen and oxygen atoms in total. The molecule has 0 fully saturated rings. The second-order valence-corrected chi connectivity index (χ2v) is 5.35. The van der Waals surface area contributed by atoms with Crippen molar-refractivity contribution < 1.29 is 0 Å². The predicted molar refractivity (Wildman–Crippen MR) is 66.3 cm³/mol. The lowest BCUT2D eigenvalue weighted by Gasteiger charge is -2.33. The first kappa shape index (κ1) is 9.97. The van der Waals surface area contributed by atoms with Gasteiger partial charge in [-0.05, 0) is 18.6 Å². The summed E-state index contributed by atoms with van der Waals surface area (Å²) in [6.45, 7) is 5.52. The molecule has 1 N–H and O–H groups in total. The molecule has 0 amide bonds. The Morgan fingerprint density at radius 1 is 1.44 bits per heavy atom. The van der Waals surface area contributed by atoms with Gasteiger partial charge in [0.05, 0.1) is 16.9 Å². The van der Waals surface area contributed by atoms with Crippen LogP contribution in [0.5, 0.6) is 0 Å². The van der Waals surface area contributed by atoms with Crippen LogP contribution in [0.15, 0.2) is 18.2 Å². The number of rotatable bonds is 0. The Labute approximate surface area is 99.4 Å². The van der Waals surface area contributed by atoms with Gasteiger partial charge < -0.3 is 5.32 Å². The molecule has 2 aromatic heterocycles. The van der Waals surface area contributed by atoms with Crippen LogP contribution in [0.1, 0.15) is 26.0 Å². The second-order valence-electron chi connectivity index (χ2n) is 4.96. The van der Waals surface area contributed by atoms with E-state index in [1.54, 1.807) is 0 Å². The topological polar surface area (TPSA) is 29.3 Å². The molecule has 0 aromatic carbocycles. The zero-order valence-corrected chi connectivity index (χ0v) is 10.2. The SMILES string of the molecule is CC1(C)CCNc2ccc3cc(Cl)nn3c21. The van der Waals surface area contributed by atoms with Gasteiger partial charge in [-0.25, -0.2) is 4.52 Å². The van der Waals surface area contributed by atoms with Crippen molar-refractivity contribution in [1.82, 2.24) is 9.61 Å². The van der Waals surface area contributed by atoms with Gasteiger partial charge in [0.1, 0.15) is 0 Å². The molecule has 3 rings (SSSR count). The van der Waals surface area contributed by atoms with E-state index in [2.05, 4.69) is 30.3 Å². The van der Waals surface area contributed by atoms with E-state index < -0.39 is 0 Å². The highest BCUT2D eigenvalue weighted by atomic mass is 35.5. The summed E-state index contributed by atoms with van der Waals surface area (Å²) in [7, 11) is 0. The van der Waals surface area contributed by atoms with E-state index in [-0.39, 0.29) is 5.41 Å². The van der Waals surface area contributed by atoms with Crippen molar-refractivity contribution >= 4 is 22.8 Å². The fourth-order valence-electron chi connectivity index (χ4n) is 2.45. The smallest absolute Gasteiger partial charge is 0.152 e. The van der Waals surface area contributed by atoms with E-state index in [0.29, 0.717) is 5.15 Å². The fourth-order valence-corrected chi connectivity index (χ4v) is 2.63. The van der Waals surface area contributed by atoms with Gasteiger partial charge >= 0.3 is 0 Å². The molecule has 16 heavy (non-hydrogen) atoms. The van der Waals surface area contributed by atoms with Crippen LogP contribution in [0.2, 0.25) is 5.15 Å². The molecule has 1 aliphatic rings. The molecular formula is C12H14ClN3. The summed E-state index contributed by atoms with van der Waals surface area (Å²) in [6, 6.07) is 6.06. The van der Waals surface area contributed by atoms with E-state index in [9.17, 15) is 0 Å². The van der Waals surface area contributed by atoms with Crippen LogP contribution in [0.25, 0.3) is 5.52 Å². The van der Waals surface area contributed by atoms with Crippen molar-refractivity contribution in [2.75, 3.05) is 11.9 Å². The Hall–Kier alpha value is -1.22. The third-order valence-corrected chi connectivity index (χ3v) is 3.49. The average Bonchev–Trinajstić information content (AvgIpc) is 2.56. The zero-order valence-electron chi connectivity index (χ0n) is 9.42. The summed E-state index contributed by atoms with van der Waals surface area (Å²) >= 11 is 5.97. The van der Waals surface area contributed by atoms with Crippen molar-refractivity contribution in [3.8, 4) is 0 Å². The van der Waals surface area contributed by atoms with Crippen molar-refractivity contribution in [1.29, 1.82) is 0 Å². The summed E-state index contributed by atoms with van der Waals surface area (Å²) in [5.74, 6) is 0. The van der Waals surface area contributed by atoms with Crippen molar-refractivity contribution in [3.05, 3.63) is 29.0 Å². The van der Waals surface area contributed by atoms with Crippen molar-refractivity contribution in [3.63, 3.8) is 0 Å². The molecular weight excluding hydrogens is 222 g/mol. The normalized spacial score (nSPS) is 18.2. The molecule has 0 bridgehead atoms. The van der Waals surface area contributed by atoms with Gasteiger partial charge in [-0.2, -0.15) is 5.10 Å². The monoisotopic (exact) mass is 235 g/mol. The van der Waals surface area contributed by atoms with Gasteiger partial charge in [0, 0.05) is 18.0 Å². The standard InChI is InChI=1S/C12H14ClN3/c1-12(2)5-6-14-9-4-3-8-7-10(13)15-16(8)11(9)12/h3-4,7,14H,5-6H2,1-2H3. The van der Waals surface area contributed by atoms with Gasteiger partial charge in [-0.1, -0.05) is 25.4 Å². The lowest BCUT2D eigenvalue weighted by Crippen LogP contribution is -2.31. The van der Waals surface area contributed by atoms with Gasteiger partial charge in [0.15, 0.2) is 5.15 Å². The first-order valence-electron chi connectivity index (χ1n) is 5.50. The highest BCUT2D eigenvalue weighted by Gasteiger charge is 2.30. The third-order valence-electron chi connectivity index (χ3n) is 3.30. The fraction of sp³-hybridized carbons (Fsp3) is 0.417. The van der Waals surface area contributed by atoms with Crippen molar-refractivity contribution in [2.45, 2.75) is 25.7 Å². The number of pyridine rings is 1. The number of aromatic nitrogens is 2. The minimum atomic E-state index is 0.134. The van der Waals surface area contributed by atoms with Crippen LogP contribution < -0.4 is 5.32 Å². The van der Waals surface area contributed by atoms with Crippen LogP contribution in [-0.4, -0.2) is 16.2 Å². The molecule has 84 valence electrons. The molecule has 0 saturated heterocycles. The van der Waals surface area contributed by atoms with Crippen LogP contribution in [0.4, 0.5) is 5.69 Å².